The quantitative estimate of drug-likeness (QED) is 0.805. The highest BCUT2D eigenvalue weighted by molar-refractivity contribution is 5.80. The van der Waals surface area contributed by atoms with E-state index in [4.69, 9.17) is 10.5 Å². The van der Waals surface area contributed by atoms with Gasteiger partial charge >= 0.3 is 6.03 Å². The lowest BCUT2D eigenvalue weighted by Crippen LogP contribution is -2.63. The minimum Gasteiger partial charge on any atom is -0.381 e. The van der Waals surface area contributed by atoms with Crippen LogP contribution in [-0.4, -0.2) is 52.7 Å². The van der Waals surface area contributed by atoms with Gasteiger partial charge in [0.2, 0.25) is 0 Å². The fourth-order valence-electron chi connectivity index (χ4n) is 6.52. The van der Waals surface area contributed by atoms with Gasteiger partial charge in [-0.15, -0.1) is 0 Å². The molecule has 5 heteroatoms. The topological polar surface area (TPSA) is 58.8 Å². The standard InChI is InChI=1S/C25H37N3O2/c1-23(2)25(14-12-24(26,13-15-25)20-6-4-3-5-7-20)27(18-19-8-9-19)22(29)28(23)21-10-16-30-17-11-21/h3-7,19,21H,8-18,26H2,1-2H3. The lowest BCUT2D eigenvalue weighted by molar-refractivity contribution is -0.0154. The van der Waals surface area contributed by atoms with Crippen molar-refractivity contribution < 1.29 is 9.53 Å². The van der Waals surface area contributed by atoms with Crippen LogP contribution >= 0.6 is 0 Å². The van der Waals surface area contributed by atoms with Crippen molar-refractivity contribution in [2.75, 3.05) is 19.8 Å². The number of rotatable bonds is 4. The summed E-state index contributed by atoms with van der Waals surface area (Å²) in [5.41, 5.74) is 7.58. The van der Waals surface area contributed by atoms with Gasteiger partial charge in [-0.1, -0.05) is 30.3 Å². The number of nitrogens with zero attached hydrogens (tertiary/aromatic N) is 2. The average Bonchev–Trinajstić information content (AvgIpc) is 3.56. The highest BCUT2D eigenvalue weighted by Crippen LogP contribution is 2.55. The molecule has 2 saturated heterocycles. The highest BCUT2D eigenvalue weighted by Gasteiger charge is 2.65. The summed E-state index contributed by atoms with van der Waals surface area (Å²) in [7, 11) is 0. The number of urea groups is 1. The molecule has 0 bridgehead atoms. The highest BCUT2D eigenvalue weighted by atomic mass is 16.5. The molecule has 2 heterocycles. The second-order valence-corrected chi connectivity index (χ2v) is 10.7. The summed E-state index contributed by atoms with van der Waals surface area (Å²) < 4.78 is 5.61. The maximum atomic E-state index is 13.9. The van der Waals surface area contributed by atoms with E-state index in [0.29, 0.717) is 12.0 Å². The minimum atomic E-state index is -0.289. The second kappa shape index (κ2) is 7.23. The van der Waals surface area contributed by atoms with E-state index >= 15 is 0 Å². The van der Waals surface area contributed by atoms with E-state index in [9.17, 15) is 4.79 Å². The van der Waals surface area contributed by atoms with Crippen molar-refractivity contribution in [1.82, 2.24) is 9.80 Å². The van der Waals surface area contributed by atoms with Crippen LogP contribution in [0.15, 0.2) is 30.3 Å². The molecule has 2 amide bonds. The molecule has 2 N–H and O–H groups in total. The Labute approximate surface area is 180 Å². The van der Waals surface area contributed by atoms with Gasteiger partial charge < -0.3 is 20.3 Å². The summed E-state index contributed by atoms with van der Waals surface area (Å²) in [6.07, 6.45) is 8.24. The number of hydrogen-bond donors (Lipinski definition) is 1. The molecular weight excluding hydrogens is 374 g/mol. The average molecular weight is 412 g/mol. The van der Waals surface area contributed by atoms with E-state index in [0.717, 1.165) is 58.3 Å². The minimum absolute atomic E-state index is 0.122. The van der Waals surface area contributed by atoms with Gasteiger partial charge in [0.1, 0.15) is 0 Å². The predicted molar refractivity (Wildman–Crippen MR) is 118 cm³/mol. The molecule has 0 atom stereocenters. The Morgan fingerprint density at radius 2 is 1.63 bits per heavy atom. The molecule has 4 aliphatic rings. The zero-order valence-electron chi connectivity index (χ0n) is 18.6. The molecule has 30 heavy (non-hydrogen) atoms. The number of nitrogens with two attached hydrogens (primary N) is 1. The van der Waals surface area contributed by atoms with Gasteiger partial charge in [0, 0.05) is 31.3 Å². The molecule has 1 aromatic rings. The third kappa shape index (κ3) is 3.08. The largest absolute Gasteiger partial charge is 0.381 e. The summed E-state index contributed by atoms with van der Waals surface area (Å²) in [6, 6.07) is 11.1. The van der Waals surface area contributed by atoms with Crippen molar-refractivity contribution in [2.24, 2.45) is 11.7 Å². The SMILES string of the molecule is CC1(C)N(C2CCOCC2)C(=O)N(CC2CC2)C12CCC(N)(c1ccccc1)CC2. The molecule has 2 aliphatic heterocycles. The Morgan fingerprint density at radius 1 is 1.00 bits per heavy atom. The molecule has 5 rings (SSSR count). The van der Waals surface area contributed by atoms with E-state index in [1.54, 1.807) is 0 Å². The van der Waals surface area contributed by atoms with Crippen molar-refractivity contribution in [1.29, 1.82) is 0 Å². The fraction of sp³-hybridized carbons (Fsp3) is 0.720. The number of hydrogen-bond acceptors (Lipinski definition) is 3. The van der Waals surface area contributed by atoms with Crippen molar-refractivity contribution in [2.45, 2.75) is 87.9 Å². The first kappa shape index (κ1) is 20.3. The summed E-state index contributed by atoms with van der Waals surface area (Å²) >= 11 is 0. The molecule has 2 saturated carbocycles. The van der Waals surface area contributed by atoms with Crippen LogP contribution in [-0.2, 0) is 10.3 Å². The van der Waals surface area contributed by atoms with Gasteiger partial charge in [-0.2, -0.15) is 0 Å². The molecule has 0 unspecified atom stereocenters. The molecule has 5 nitrogen and oxygen atoms in total. The predicted octanol–water partition coefficient (Wildman–Crippen LogP) is 4.26. The van der Waals surface area contributed by atoms with Gasteiger partial charge in [0.25, 0.3) is 0 Å². The molecule has 164 valence electrons. The van der Waals surface area contributed by atoms with Gasteiger partial charge in [0.05, 0.1) is 11.1 Å². The van der Waals surface area contributed by atoms with E-state index in [2.05, 4.69) is 54.0 Å². The Hall–Kier alpha value is -1.59. The fourth-order valence-corrected chi connectivity index (χ4v) is 6.52. The van der Waals surface area contributed by atoms with Crippen LogP contribution in [0.2, 0.25) is 0 Å². The van der Waals surface area contributed by atoms with Crippen LogP contribution in [0, 0.1) is 5.92 Å². The van der Waals surface area contributed by atoms with Gasteiger partial charge in [-0.05, 0) is 76.7 Å². The van der Waals surface area contributed by atoms with Crippen molar-refractivity contribution in [3.05, 3.63) is 35.9 Å². The van der Waals surface area contributed by atoms with Crippen LogP contribution in [0.5, 0.6) is 0 Å². The van der Waals surface area contributed by atoms with Crippen molar-refractivity contribution in [3.63, 3.8) is 0 Å². The maximum Gasteiger partial charge on any atom is 0.321 e. The van der Waals surface area contributed by atoms with E-state index in [-0.39, 0.29) is 22.6 Å². The summed E-state index contributed by atoms with van der Waals surface area (Å²) in [5, 5.41) is 0. The van der Waals surface area contributed by atoms with Crippen LogP contribution in [0.4, 0.5) is 4.79 Å². The zero-order chi connectivity index (χ0) is 21.0. The first-order valence-electron chi connectivity index (χ1n) is 11.9. The number of carbonyl (C=O) groups is 1. The Bertz CT molecular complexity index is 775. The molecule has 1 aromatic carbocycles. The van der Waals surface area contributed by atoms with Gasteiger partial charge in [0.15, 0.2) is 0 Å². The van der Waals surface area contributed by atoms with Gasteiger partial charge in [-0.25, -0.2) is 4.79 Å². The van der Waals surface area contributed by atoms with Gasteiger partial charge in [-0.3, -0.25) is 0 Å². The summed E-state index contributed by atoms with van der Waals surface area (Å²) in [4.78, 5) is 18.4. The van der Waals surface area contributed by atoms with E-state index in [1.165, 1.54) is 18.4 Å². The smallest absolute Gasteiger partial charge is 0.321 e. The Morgan fingerprint density at radius 3 is 2.23 bits per heavy atom. The van der Waals surface area contributed by atoms with E-state index in [1.807, 2.05) is 0 Å². The zero-order valence-corrected chi connectivity index (χ0v) is 18.6. The number of benzene rings is 1. The molecule has 4 fully saturated rings. The van der Waals surface area contributed by atoms with E-state index < -0.39 is 0 Å². The van der Waals surface area contributed by atoms with Crippen LogP contribution in [0.25, 0.3) is 0 Å². The van der Waals surface area contributed by atoms with Crippen molar-refractivity contribution in [3.8, 4) is 0 Å². The Kier molecular flexibility index (Phi) is 4.90. The molecular formula is C25H37N3O2. The maximum absolute atomic E-state index is 13.9. The molecule has 2 aliphatic carbocycles. The summed E-state index contributed by atoms with van der Waals surface area (Å²) in [5.74, 6) is 0.690. The number of amides is 2. The Balaban J connectivity index is 1.46. The van der Waals surface area contributed by atoms with Crippen LogP contribution in [0.3, 0.4) is 0 Å². The molecule has 0 radical (unpaired) electrons. The normalized spacial score (nSPS) is 34.7. The van der Waals surface area contributed by atoms with Crippen molar-refractivity contribution >= 4 is 6.03 Å². The number of ether oxygens (including phenoxy) is 1. The van der Waals surface area contributed by atoms with Crippen LogP contribution in [0.1, 0.15) is 70.8 Å². The molecule has 0 aromatic heterocycles. The monoisotopic (exact) mass is 411 g/mol. The third-order valence-corrected chi connectivity index (χ3v) is 8.71. The first-order valence-corrected chi connectivity index (χ1v) is 11.9. The lowest BCUT2D eigenvalue weighted by atomic mass is 9.63. The molecule has 1 spiro atoms. The lowest BCUT2D eigenvalue weighted by Gasteiger charge is -2.54. The van der Waals surface area contributed by atoms with Crippen LogP contribution < -0.4 is 5.73 Å². The first-order chi connectivity index (χ1) is 14.4. The third-order valence-electron chi connectivity index (χ3n) is 8.71. The number of carbonyl (C=O) groups excluding carboxylic acids is 1. The summed E-state index contributed by atoms with van der Waals surface area (Å²) in [6.45, 7) is 7.09. The second-order valence-electron chi connectivity index (χ2n) is 10.7.